The van der Waals surface area contributed by atoms with E-state index in [9.17, 15) is 9.59 Å². The number of carbonyl (C=O) groups is 2. The summed E-state index contributed by atoms with van der Waals surface area (Å²) in [4.78, 5) is 25.0. The molecule has 2 aromatic carbocycles. The van der Waals surface area contributed by atoms with Crippen LogP contribution in [0.1, 0.15) is 17.5 Å². The minimum Gasteiger partial charge on any atom is -0.469 e. The van der Waals surface area contributed by atoms with Gasteiger partial charge in [-0.3, -0.25) is 15.1 Å². The van der Waals surface area contributed by atoms with Crippen LogP contribution < -0.4 is 16.0 Å². The third-order valence-corrected chi connectivity index (χ3v) is 3.92. The number of amides is 2. The predicted molar refractivity (Wildman–Crippen MR) is 102 cm³/mol. The maximum atomic E-state index is 12.4. The first-order chi connectivity index (χ1) is 12.4. The summed E-state index contributed by atoms with van der Waals surface area (Å²) in [6, 6.07) is 13.9. The molecule has 0 bridgehead atoms. The van der Waals surface area contributed by atoms with Crippen LogP contribution >= 0.6 is 0 Å². The Kier molecular flexibility index (Phi) is 6.32. The van der Waals surface area contributed by atoms with Gasteiger partial charge in [-0.05, 0) is 48.4 Å². The lowest BCUT2D eigenvalue weighted by molar-refractivity contribution is -0.140. The number of nitrogen functional groups attached to an aromatic ring is 1. The molecule has 0 fully saturated rings. The Labute approximate surface area is 152 Å². The number of carbonyl (C=O) groups excluding carboxylic acids is 2. The second-order valence-electron chi connectivity index (χ2n) is 5.72. The van der Waals surface area contributed by atoms with Gasteiger partial charge in [-0.1, -0.05) is 12.1 Å². The third kappa shape index (κ3) is 5.07. The fourth-order valence-corrected chi connectivity index (χ4v) is 2.29. The van der Waals surface area contributed by atoms with Gasteiger partial charge in [-0.2, -0.15) is 0 Å². The molecule has 0 aliphatic carbocycles. The van der Waals surface area contributed by atoms with Crippen LogP contribution in [0.4, 0.5) is 16.2 Å². The lowest BCUT2D eigenvalue weighted by atomic mass is 10.1. The van der Waals surface area contributed by atoms with Crippen molar-refractivity contribution in [2.75, 3.05) is 24.4 Å². The smallest absolute Gasteiger partial charge is 0.326 e. The van der Waals surface area contributed by atoms with Crippen molar-refractivity contribution in [1.29, 1.82) is 5.41 Å². The van der Waals surface area contributed by atoms with Crippen LogP contribution in [0, 0.1) is 5.41 Å². The Morgan fingerprint density at radius 2 is 1.73 bits per heavy atom. The van der Waals surface area contributed by atoms with Gasteiger partial charge in [0, 0.05) is 30.4 Å². The number of esters is 1. The normalized spacial score (nSPS) is 10.1. The molecule has 7 nitrogen and oxygen atoms in total. The highest BCUT2D eigenvalue weighted by Crippen LogP contribution is 2.16. The number of anilines is 2. The molecule has 26 heavy (non-hydrogen) atoms. The predicted octanol–water partition coefficient (Wildman–Crippen LogP) is 2.74. The standard InChI is InChI=1S/C19H22N4O3/c1-23(16-10-6-14(7-11-16)18(20)21)19(25)22-15-8-3-13(4-9-15)5-12-17(24)26-2/h3-4,6-11H,5,12H2,1-2H3,(H3,20,21)(H,22,25). The highest BCUT2D eigenvalue weighted by Gasteiger charge is 2.11. The van der Waals surface area contributed by atoms with E-state index < -0.39 is 0 Å². The number of benzene rings is 2. The number of amidine groups is 1. The second-order valence-corrected chi connectivity index (χ2v) is 5.72. The summed E-state index contributed by atoms with van der Waals surface area (Å²) in [6.45, 7) is 0. The average Bonchev–Trinajstić information content (AvgIpc) is 2.66. The molecule has 136 valence electrons. The van der Waals surface area contributed by atoms with E-state index in [2.05, 4.69) is 10.1 Å². The number of nitrogens with one attached hydrogen (secondary N) is 2. The van der Waals surface area contributed by atoms with Crippen molar-refractivity contribution in [1.82, 2.24) is 0 Å². The zero-order valence-electron chi connectivity index (χ0n) is 14.8. The van der Waals surface area contributed by atoms with Crippen LogP contribution in [0.15, 0.2) is 48.5 Å². The molecule has 0 aromatic heterocycles. The molecule has 0 heterocycles. The van der Waals surface area contributed by atoms with E-state index in [0.29, 0.717) is 29.8 Å². The number of methoxy groups -OCH3 is 1. The first kappa shape index (κ1) is 19.0. The van der Waals surface area contributed by atoms with Gasteiger partial charge in [0.2, 0.25) is 0 Å². The number of urea groups is 1. The van der Waals surface area contributed by atoms with Crippen LogP contribution in [0.25, 0.3) is 0 Å². The fraction of sp³-hybridized carbons (Fsp3) is 0.211. The number of ether oxygens (including phenoxy) is 1. The van der Waals surface area contributed by atoms with E-state index >= 15 is 0 Å². The molecular formula is C19H22N4O3. The summed E-state index contributed by atoms with van der Waals surface area (Å²) in [7, 11) is 3.02. The van der Waals surface area contributed by atoms with E-state index in [1.807, 2.05) is 12.1 Å². The van der Waals surface area contributed by atoms with Crippen LogP contribution in [0.2, 0.25) is 0 Å². The highest BCUT2D eigenvalue weighted by molar-refractivity contribution is 6.02. The van der Waals surface area contributed by atoms with Crippen molar-refractivity contribution < 1.29 is 14.3 Å². The van der Waals surface area contributed by atoms with E-state index in [4.69, 9.17) is 11.1 Å². The monoisotopic (exact) mass is 354 g/mol. The van der Waals surface area contributed by atoms with Crippen molar-refractivity contribution in [3.05, 3.63) is 59.7 Å². The molecule has 0 atom stereocenters. The van der Waals surface area contributed by atoms with Crippen molar-refractivity contribution in [3.8, 4) is 0 Å². The Bertz CT molecular complexity index is 785. The van der Waals surface area contributed by atoms with Gasteiger partial charge in [-0.15, -0.1) is 0 Å². The zero-order chi connectivity index (χ0) is 19.1. The summed E-state index contributed by atoms with van der Waals surface area (Å²) in [5.74, 6) is -0.268. The second kappa shape index (κ2) is 8.66. The molecule has 0 spiro atoms. The minimum absolute atomic E-state index is 0.0176. The molecule has 2 rings (SSSR count). The maximum absolute atomic E-state index is 12.4. The number of nitrogens with two attached hydrogens (primary N) is 1. The van der Waals surface area contributed by atoms with Gasteiger partial charge in [0.25, 0.3) is 0 Å². The first-order valence-electron chi connectivity index (χ1n) is 8.05. The molecule has 0 saturated carbocycles. The number of hydrogen-bond donors (Lipinski definition) is 3. The molecule has 0 unspecified atom stereocenters. The maximum Gasteiger partial charge on any atom is 0.326 e. The zero-order valence-corrected chi connectivity index (χ0v) is 14.8. The fourth-order valence-electron chi connectivity index (χ4n) is 2.29. The van der Waals surface area contributed by atoms with Crippen LogP contribution in [-0.2, 0) is 16.0 Å². The molecule has 0 aliphatic rings. The molecule has 0 aliphatic heterocycles. The molecule has 4 N–H and O–H groups in total. The molecule has 0 saturated heterocycles. The Balaban J connectivity index is 1.95. The SMILES string of the molecule is COC(=O)CCc1ccc(NC(=O)N(C)c2ccc(C(=N)N)cc2)cc1. The van der Waals surface area contributed by atoms with Crippen LogP contribution in [0.5, 0.6) is 0 Å². The molecule has 7 heteroatoms. The van der Waals surface area contributed by atoms with E-state index in [1.54, 1.807) is 43.4 Å². The summed E-state index contributed by atoms with van der Waals surface area (Å²) in [6.07, 6.45) is 0.907. The minimum atomic E-state index is -0.289. The average molecular weight is 354 g/mol. The topological polar surface area (TPSA) is 109 Å². The molecule has 2 aromatic rings. The van der Waals surface area contributed by atoms with Gasteiger partial charge in [0.15, 0.2) is 0 Å². The van der Waals surface area contributed by atoms with Gasteiger partial charge >= 0.3 is 12.0 Å². The summed E-state index contributed by atoms with van der Waals surface area (Å²) >= 11 is 0. The number of hydrogen-bond acceptors (Lipinski definition) is 4. The van der Waals surface area contributed by atoms with Crippen molar-refractivity contribution in [2.24, 2.45) is 5.73 Å². The summed E-state index contributed by atoms with van der Waals surface area (Å²) < 4.78 is 4.62. The van der Waals surface area contributed by atoms with Crippen molar-refractivity contribution >= 4 is 29.2 Å². The summed E-state index contributed by atoms with van der Waals surface area (Å²) in [5.41, 5.74) is 8.35. The lowest BCUT2D eigenvalue weighted by Gasteiger charge is -2.18. The van der Waals surface area contributed by atoms with E-state index in [1.165, 1.54) is 12.0 Å². The van der Waals surface area contributed by atoms with E-state index in [0.717, 1.165) is 5.56 Å². The molecule has 2 amide bonds. The first-order valence-corrected chi connectivity index (χ1v) is 8.05. The van der Waals surface area contributed by atoms with Gasteiger partial charge < -0.3 is 15.8 Å². The number of nitrogens with zero attached hydrogens (tertiary/aromatic N) is 1. The molecular weight excluding hydrogens is 332 g/mol. The van der Waals surface area contributed by atoms with Crippen molar-refractivity contribution in [3.63, 3.8) is 0 Å². The Morgan fingerprint density at radius 1 is 1.12 bits per heavy atom. The lowest BCUT2D eigenvalue weighted by Crippen LogP contribution is -2.31. The third-order valence-electron chi connectivity index (χ3n) is 3.92. The van der Waals surface area contributed by atoms with Gasteiger partial charge in [-0.25, -0.2) is 4.79 Å². The number of rotatable bonds is 6. The van der Waals surface area contributed by atoms with Gasteiger partial charge in [0.1, 0.15) is 5.84 Å². The van der Waals surface area contributed by atoms with Crippen LogP contribution in [0.3, 0.4) is 0 Å². The van der Waals surface area contributed by atoms with Crippen molar-refractivity contribution in [2.45, 2.75) is 12.8 Å². The van der Waals surface area contributed by atoms with Gasteiger partial charge in [0.05, 0.1) is 7.11 Å². The Hall–Kier alpha value is -3.35. The Morgan fingerprint density at radius 3 is 2.27 bits per heavy atom. The summed E-state index contributed by atoms with van der Waals surface area (Å²) in [5, 5.41) is 10.2. The van der Waals surface area contributed by atoms with E-state index in [-0.39, 0.29) is 17.8 Å². The highest BCUT2D eigenvalue weighted by atomic mass is 16.5. The largest absolute Gasteiger partial charge is 0.469 e. The quantitative estimate of drug-likeness (QED) is 0.421. The van der Waals surface area contributed by atoms with Crippen LogP contribution in [-0.4, -0.2) is 32.0 Å². The molecule has 0 radical (unpaired) electrons. The number of aryl methyl sites for hydroxylation is 1.